The minimum Gasteiger partial charge on any atom is -0.460 e. The Morgan fingerprint density at radius 3 is 0.809 bits per heavy atom. The van der Waals surface area contributed by atoms with Crippen LogP contribution in [0.5, 0.6) is 0 Å². The van der Waals surface area contributed by atoms with Crippen molar-refractivity contribution in [1.82, 2.24) is 5.32 Å². The van der Waals surface area contributed by atoms with Crippen molar-refractivity contribution in [2.45, 2.75) is 32.8 Å². The fourth-order valence-electron chi connectivity index (χ4n) is 3.24. The Labute approximate surface area is 282 Å². The van der Waals surface area contributed by atoms with Crippen LogP contribution in [0.15, 0.2) is 0 Å². The number of nitrogens with one attached hydrogen (secondary N) is 1. The number of rotatable bonds is 39. The molecule has 0 aromatic rings. The van der Waals surface area contributed by atoms with Crippen LogP contribution in [-0.4, -0.2) is 184 Å². The molecule has 15 heteroatoms. The third kappa shape index (κ3) is 42.9. The van der Waals surface area contributed by atoms with Gasteiger partial charge in [-0.05, 0) is 27.8 Å². The molecule has 0 radical (unpaired) electrons. The first-order valence-corrected chi connectivity index (χ1v) is 16.7. The maximum Gasteiger partial charge on any atom is 0.308 e. The standard InChI is InChI=1S/C32H65NO14/c1-32(2,3)47-31(34)5-7-35-9-11-37-13-15-39-17-19-41-21-23-43-25-27-45-29-30-46-28-26-44-24-22-42-20-18-40-16-14-38-12-10-36-8-6-33-4/h33H,5-30H2,1-4H3. The average Bonchev–Trinajstić information content (AvgIpc) is 3.03. The van der Waals surface area contributed by atoms with E-state index in [0.717, 1.165) is 6.54 Å². The number of carbonyl (C=O) groups is 1. The van der Waals surface area contributed by atoms with Gasteiger partial charge in [0.2, 0.25) is 0 Å². The van der Waals surface area contributed by atoms with E-state index < -0.39 is 5.60 Å². The summed E-state index contributed by atoms with van der Waals surface area (Å²) in [5.41, 5.74) is -0.474. The molecule has 0 aliphatic rings. The van der Waals surface area contributed by atoms with Crippen LogP contribution in [-0.2, 0) is 66.4 Å². The molecular formula is C32H65NO14. The van der Waals surface area contributed by atoms with Crippen LogP contribution >= 0.6 is 0 Å². The van der Waals surface area contributed by atoms with E-state index in [1.165, 1.54) is 0 Å². The quantitative estimate of drug-likeness (QED) is 0.0727. The lowest BCUT2D eigenvalue weighted by Gasteiger charge is -2.19. The predicted molar refractivity (Wildman–Crippen MR) is 174 cm³/mol. The van der Waals surface area contributed by atoms with Gasteiger partial charge >= 0.3 is 5.97 Å². The molecule has 0 atom stereocenters. The molecule has 282 valence electrons. The van der Waals surface area contributed by atoms with Gasteiger partial charge < -0.3 is 66.9 Å². The van der Waals surface area contributed by atoms with Crippen molar-refractivity contribution >= 4 is 5.97 Å². The van der Waals surface area contributed by atoms with Gasteiger partial charge in [-0.25, -0.2) is 0 Å². The maximum absolute atomic E-state index is 11.6. The molecule has 0 aliphatic heterocycles. The van der Waals surface area contributed by atoms with Gasteiger partial charge in [0.25, 0.3) is 0 Å². The monoisotopic (exact) mass is 687 g/mol. The van der Waals surface area contributed by atoms with Crippen LogP contribution in [0.25, 0.3) is 0 Å². The van der Waals surface area contributed by atoms with Crippen LogP contribution in [0.4, 0.5) is 0 Å². The molecule has 0 rings (SSSR count). The number of hydrogen-bond acceptors (Lipinski definition) is 15. The van der Waals surface area contributed by atoms with Gasteiger partial charge in [-0.3, -0.25) is 4.79 Å². The largest absolute Gasteiger partial charge is 0.460 e. The van der Waals surface area contributed by atoms with Gasteiger partial charge in [-0.2, -0.15) is 0 Å². The minimum atomic E-state index is -0.474. The zero-order valence-corrected chi connectivity index (χ0v) is 29.6. The number of esters is 1. The van der Waals surface area contributed by atoms with Gasteiger partial charge in [0.1, 0.15) is 5.60 Å². The highest BCUT2D eigenvalue weighted by atomic mass is 16.6. The Morgan fingerprint density at radius 1 is 0.383 bits per heavy atom. The molecule has 15 nitrogen and oxygen atoms in total. The van der Waals surface area contributed by atoms with Crippen LogP contribution in [0.1, 0.15) is 27.2 Å². The summed E-state index contributed by atoms with van der Waals surface area (Å²) in [6, 6.07) is 0. The summed E-state index contributed by atoms with van der Waals surface area (Å²) in [6.07, 6.45) is 0.232. The second-order valence-electron chi connectivity index (χ2n) is 10.8. The molecule has 0 amide bonds. The maximum atomic E-state index is 11.6. The van der Waals surface area contributed by atoms with E-state index in [4.69, 9.17) is 61.6 Å². The molecule has 0 heterocycles. The molecule has 0 saturated carbocycles. The van der Waals surface area contributed by atoms with E-state index in [9.17, 15) is 4.79 Å². The van der Waals surface area contributed by atoms with Crippen LogP contribution in [0, 0.1) is 0 Å². The third-order valence-corrected chi connectivity index (χ3v) is 5.46. The van der Waals surface area contributed by atoms with Crippen LogP contribution in [0.2, 0.25) is 0 Å². The Morgan fingerprint density at radius 2 is 0.596 bits per heavy atom. The Kier molecular flexibility index (Phi) is 36.9. The summed E-state index contributed by atoms with van der Waals surface area (Å²) in [5, 5.41) is 3.02. The average molecular weight is 688 g/mol. The number of ether oxygens (including phenoxy) is 13. The fourth-order valence-corrected chi connectivity index (χ4v) is 3.24. The van der Waals surface area contributed by atoms with E-state index in [2.05, 4.69) is 5.32 Å². The summed E-state index contributed by atoms with van der Waals surface area (Å²) in [7, 11) is 1.89. The fraction of sp³-hybridized carbons (Fsp3) is 0.969. The lowest BCUT2D eigenvalue weighted by Crippen LogP contribution is -2.24. The summed E-state index contributed by atoms with van der Waals surface area (Å²) in [4.78, 5) is 11.6. The molecular weight excluding hydrogens is 622 g/mol. The highest BCUT2D eigenvalue weighted by molar-refractivity contribution is 5.69. The summed E-state index contributed by atoms with van der Waals surface area (Å²) in [6.45, 7) is 18.5. The van der Waals surface area contributed by atoms with Crippen molar-refractivity contribution in [3.63, 3.8) is 0 Å². The van der Waals surface area contributed by atoms with E-state index in [-0.39, 0.29) is 12.4 Å². The summed E-state index contributed by atoms with van der Waals surface area (Å²) >= 11 is 0. The normalized spacial score (nSPS) is 11.8. The lowest BCUT2D eigenvalue weighted by molar-refractivity contribution is -0.156. The highest BCUT2D eigenvalue weighted by Crippen LogP contribution is 2.08. The lowest BCUT2D eigenvalue weighted by atomic mass is 10.2. The van der Waals surface area contributed by atoms with E-state index in [1.807, 2.05) is 27.8 Å². The Balaban J connectivity index is 3.09. The molecule has 47 heavy (non-hydrogen) atoms. The van der Waals surface area contributed by atoms with Crippen molar-refractivity contribution < 1.29 is 66.4 Å². The second-order valence-corrected chi connectivity index (χ2v) is 10.8. The SMILES string of the molecule is CNCCOCCOCCOCCOCCOCCOCCOCCOCCOCCOCCOCCOCCC(=O)OC(C)(C)C. The molecule has 0 fully saturated rings. The Hall–Kier alpha value is -1.05. The highest BCUT2D eigenvalue weighted by Gasteiger charge is 2.15. The second kappa shape index (κ2) is 37.8. The van der Waals surface area contributed by atoms with Crippen LogP contribution < -0.4 is 5.32 Å². The van der Waals surface area contributed by atoms with Gasteiger partial charge in [-0.15, -0.1) is 0 Å². The van der Waals surface area contributed by atoms with Gasteiger partial charge in [0.05, 0.1) is 165 Å². The third-order valence-electron chi connectivity index (χ3n) is 5.46. The molecule has 0 aromatic heterocycles. The molecule has 0 aromatic carbocycles. The first kappa shape index (κ1) is 46.0. The van der Waals surface area contributed by atoms with E-state index in [0.29, 0.717) is 159 Å². The van der Waals surface area contributed by atoms with Crippen molar-refractivity contribution in [3.05, 3.63) is 0 Å². The zero-order valence-electron chi connectivity index (χ0n) is 29.6. The summed E-state index contributed by atoms with van der Waals surface area (Å²) in [5.74, 6) is -0.265. The molecule has 0 spiro atoms. The number of likely N-dealkylation sites (N-methyl/N-ethyl adjacent to an activating group) is 1. The van der Waals surface area contributed by atoms with Gasteiger partial charge in [0, 0.05) is 6.54 Å². The minimum absolute atomic E-state index is 0.232. The van der Waals surface area contributed by atoms with Gasteiger partial charge in [0.15, 0.2) is 0 Å². The van der Waals surface area contributed by atoms with E-state index >= 15 is 0 Å². The van der Waals surface area contributed by atoms with Crippen molar-refractivity contribution in [1.29, 1.82) is 0 Å². The Bertz CT molecular complexity index is 627. The van der Waals surface area contributed by atoms with Crippen molar-refractivity contribution in [2.75, 3.05) is 172 Å². The molecule has 0 aliphatic carbocycles. The van der Waals surface area contributed by atoms with E-state index in [1.54, 1.807) is 0 Å². The molecule has 1 N–H and O–H groups in total. The number of hydrogen-bond donors (Lipinski definition) is 1. The first-order valence-electron chi connectivity index (χ1n) is 16.7. The zero-order chi connectivity index (χ0) is 34.4. The van der Waals surface area contributed by atoms with Crippen molar-refractivity contribution in [2.24, 2.45) is 0 Å². The van der Waals surface area contributed by atoms with Gasteiger partial charge in [-0.1, -0.05) is 0 Å². The molecule has 0 bridgehead atoms. The molecule has 0 unspecified atom stereocenters. The smallest absolute Gasteiger partial charge is 0.308 e. The first-order chi connectivity index (χ1) is 23.0. The van der Waals surface area contributed by atoms with Crippen LogP contribution in [0.3, 0.4) is 0 Å². The topological polar surface area (TPSA) is 149 Å². The predicted octanol–water partition coefficient (Wildman–Crippen LogP) is 1.14. The number of carbonyl (C=O) groups excluding carboxylic acids is 1. The van der Waals surface area contributed by atoms with Crippen molar-refractivity contribution in [3.8, 4) is 0 Å². The summed E-state index contributed by atoms with van der Waals surface area (Å²) < 4.78 is 70.5. The molecule has 0 saturated heterocycles.